The fourth-order valence-corrected chi connectivity index (χ4v) is 7.24. The van der Waals surface area contributed by atoms with Crippen molar-refractivity contribution in [2.24, 2.45) is 5.73 Å². The van der Waals surface area contributed by atoms with E-state index in [2.05, 4.69) is 36.3 Å². The zero-order valence-electron chi connectivity index (χ0n) is 32.2. The van der Waals surface area contributed by atoms with Gasteiger partial charge in [0, 0.05) is 13.1 Å². The van der Waals surface area contributed by atoms with Crippen LogP contribution in [0.25, 0.3) is 0 Å². The van der Waals surface area contributed by atoms with Gasteiger partial charge in [-0.25, -0.2) is 9.59 Å². The summed E-state index contributed by atoms with van der Waals surface area (Å²) in [4.78, 5) is 42.6. The Bertz CT molecular complexity index is 1530. The van der Waals surface area contributed by atoms with Crippen LogP contribution in [0.2, 0.25) is 0 Å². The zero-order valence-corrected chi connectivity index (χ0v) is 32.2. The fourth-order valence-electron chi connectivity index (χ4n) is 7.24. The quantitative estimate of drug-likeness (QED) is 0.0955. The molecule has 0 unspecified atom stereocenters. The van der Waals surface area contributed by atoms with E-state index >= 15 is 0 Å². The lowest BCUT2D eigenvalue weighted by Crippen LogP contribution is -2.49. The molecule has 3 amide bonds. The van der Waals surface area contributed by atoms with Crippen molar-refractivity contribution in [1.82, 2.24) is 15.1 Å². The highest BCUT2D eigenvalue weighted by Gasteiger charge is 2.30. The van der Waals surface area contributed by atoms with E-state index in [-0.39, 0.29) is 13.2 Å². The maximum absolute atomic E-state index is 13.6. The van der Waals surface area contributed by atoms with Gasteiger partial charge in [-0.15, -0.1) is 0 Å². The van der Waals surface area contributed by atoms with Crippen LogP contribution in [0.3, 0.4) is 0 Å². The number of amides is 3. The summed E-state index contributed by atoms with van der Waals surface area (Å²) in [5.41, 5.74) is 13.3. The number of carbonyl (C=O) groups excluding carboxylic acids is 3. The number of ether oxygens (including phenoxy) is 2. The van der Waals surface area contributed by atoms with Crippen molar-refractivity contribution in [1.29, 1.82) is 0 Å². The first-order valence-electron chi connectivity index (χ1n) is 19.9. The van der Waals surface area contributed by atoms with E-state index in [9.17, 15) is 14.4 Å². The second-order valence-corrected chi connectivity index (χ2v) is 14.4. The van der Waals surface area contributed by atoms with E-state index in [1.807, 2.05) is 60.7 Å². The third-order valence-electron chi connectivity index (χ3n) is 10.2. The summed E-state index contributed by atoms with van der Waals surface area (Å²) >= 11 is 0. The summed E-state index contributed by atoms with van der Waals surface area (Å²) in [6.07, 6.45) is 12.9. The fraction of sp³-hybridized carbons (Fsp3) is 0.523. The SMILES string of the molecule is CCCCCCN(C)CCCN(C(=O)OCc1ccccc1)[C@@H](CCc1ccc(CCCCNC(=O)OCc2ccccc2)c2c1CCCC2)C(N)=O. The number of hydrogen-bond donors (Lipinski definition) is 2. The first kappa shape index (κ1) is 41.4. The highest BCUT2D eigenvalue weighted by Crippen LogP contribution is 2.30. The molecule has 9 heteroatoms. The molecule has 0 saturated carbocycles. The molecular formula is C44H62N4O5. The summed E-state index contributed by atoms with van der Waals surface area (Å²) in [6, 6.07) is 23.0. The van der Waals surface area contributed by atoms with Crippen molar-refractivity contribution in [3.63, 3.8) is 0 Å². The molecule has 1 aliphatic rings. The molecule has 1 atom stereocenters. The number of primary amides is 1. The Morgan fingerprint density at radius 3 is 1.94 bits per heavy atom. The largest absolute Gasteiger partial charge is 0.445 e. The normalized spacial score (nSPS) is 12.9. The van der Waals surface area contributed by atoms with Gasteiger partial charge in [0.25, 0.3) is 0 Å². The van der Waals surface area contributed by atoms with Crippen molar-refractivity contribution >= 4 is 18.1 Å². The predicted octanol–water partition coefficient (Wildman–Crippen LogP) is 8.14. The molecule has 1 aliphatic carbocycles. The van der Waals surface area contributed by atoms with Crippen molar-refractivity contribution < 1.29 is 23.9 Å². The van der Waals surface area contributed by atoms with Gasteiger partial charge in [-0.3, -0.25) is 9.69 Å². The Morgan fingerprint density at radius 1 is 0.717 bits per heavy atom. The van der Waals surface area contributed by atoms with E-state index in [4.69, 9.17) is 15.2 Å². The lowest BCUT2D eigenvalue weighted by atomic mass is 9.82. The number of rotatable bonds is 23. The predicted molar refractivity (Wildman–Crippen MR) is 212 cm³/mol. The van der Waals surface area contributed by atoms with E-state index in [1.165, 1.54) is 41.5 Å². The maximum Gasteiger partial charge on any atom is 0.410 e. The maximum atomic E-state index is 13.6. The molecule has 3 N–H and O–H groups in total. The number of alkyl carbamates (subject to hydrolysis) is 1. The van der Waals surface area contributed by atoms with Gasteiger partial charge in [0.1, 0.15) is 19.3 Å². The standard InChI is InChI=1S/C44H62N4O5/c1-3-4-5-16-30-47(2)31-17-32-48(44(51)53-34-36-20-10-7-11-21-36)41(42(45)49)28-27-38-26-25-37(39-23-12-13-24-40(38)39)22-14-15-29-46-43(50)52-33-35-18-8-6-9-19-35/h6-11,18-21,25-26,41H,3-5,12-17,22-24,27-34H2,1-2H3,(H2,45,49)(H,46,50)/t41-/m0/s1. The van der Waals surface area contributed by atoms with Crippen LogP contribution in [0.4, 0.5) is 9.59 Å². The molecule has 0 fully saturated rings. The monoisotopic (exact) mass is 726 g/mol. The Labute approximate surface area is 317 Å². The van der Waals surface area contributed by atoms with Gasteiger partial charge < -0.3 is 25.4 Å². The summed E-state index contributed by atoms with van der Waals surface area (Å²) in [6.45, 7) is 5.43. The Kier molecular flexibility index (Phi) is 18.2. The molecule has 0 heterocycles. The number of unbranched alkanes of at least 4 members (excludes halogenated alkanes) is 4. The number of nitrogens with zero attached hydrogens (tertiary/aromatic N) is 2. The Morgan fingerprint density at radius 2 is 1.32 bits per heavy atom. The zero-order chi connectivity index (χ0) is 37.7. The minimum atomic E-state index is -0.765. The Balaban J connectivity index is 1.34. The van der Waals surface area contributed by atoms with Crippen LogP contribution in [-0.2, 0) is 53.2 Å². The van der Waals surface area contributed by atoms with Crippen LogP contribution in [0.1, 0.15) is 105 Å². The van der Waals surface area contributed by atoms with Crippen LogP contribution in [-0.4, -0.2) is 67.2 Å². The minimum Gasteiger partial charge on any atom is -0.445 e. The number of aryl methyl sites for hydroxylation is 2. The molecule has 0 spiro atoms. The van der Waals surface area contributed by atoms with Crippen molar-refractivity contribution in [2.45, 2.75) is 116 Å². The van der Waals surface area contributed by atoms with Gasteiger partial charge in [0.15, 0.2) is 0 Å². The number of hydrogen-bond acceptors (Lipinski definition) is 6. The molecule has 9 nitrogen and oxygen atoms in total. The number of fused-ring (bicyclic) bond motifs is 1. The smallest absolute Gasteiger partial charge is 0.410 e. The molecule has 0 aromatic heterocycles. The van der Waals surface area contributed by atoms with Gasteiger partial charge in [0.05, 0.1) is 0 Å². The number of nitrogens with one attached hydrogen (secondary N) is 1. The molecule has 0 saturated heterocycles. The van der Waals surface area contributed by atoms with E-state index in [0.717, 1.165) is 82.0 Å². The van der Waals surface area contributed by atoms with Crippen LogP contribution in [0.15, 0.2) is 72.8 Å². The third kappa shape index (κ3) is 14.5. The van der Waals surface area contributed by atoms with Crippen molar-refractivity contribution in [2.75, 3.05) is 33.2 Å². The van der Waals surface area contributed by atoms with Gasteiger partial charge in [0.2, 0.25) is 5.91 Å². The molecule has 0 bridgehead atoms. The highest BCUT2D eigenvalue weighted by molar-refractivity contribution is 5.84. The average molecular weight is 727 g/mol. The lowest BCUT2D eigenvalue weighted by molar-refractivity contribution is -0.123. The molecule has 0 aliphatic heterocycles. The van der Waals surface area contributed by atoms with Gasteiger partial charge in [-0.1, -0.05) is 99.0 Å². The number of nitrogens with two attached hydrogens (primary N) is 1. The third-order valence-corrected chi connectivity index (χ3v) is 10.2. The van der Waals surface area contributed by atoms with Crippen molar-refractivity contribution in [3.05, 3.63) is 106 Å². The molecular weight excluding hydrogens is 665 g/mol. The molecule has 3 aromatic carbocycles. The highest BCUT2D eigenvalue weighted by atomic mass is 16.6. The van der Waals surface area contributed by atoms with E-state index < -0.39 is 24.1 Å². The average Bonchev–Trinajstić information content (AvgIpc) is 3.18. The summed E-state index contributed by atoms with van der Waals surface area (Å²) in [5, 5.41) is 2.87. The second kappa shape index (κ2) is 23.3. The Hall–Kier alpha value is -4.37. The van der Waals surface area contributed by atoms with Gasteiger partial charge in [-0.2, -0.15) is 0 Å². The van der Waals surface area contributed by atoms with Crippen LogP contribution < -0.4 is 11.1 Å². The molecule has 4 rings (SSSR count). The van der Waals surface area contributed by atoms with Crippen molar-refractivity contribution in [3.8, 4) is 0 Å². The first-order valence-corrected chi connectivity index (χ1v) is 19.9. The number of carbonyl (C=O) groups is 3. The number of benzene rings is 3. The van der Waals surface area contributed by atoms with Crippen LogP contribution >= 0.6 is 0 Å². The second-order valence-electron chi connectivity index (χ2n) is 14.4. The topological polar surface area (TPSA) is 114 Å². The first-order chi connectivity index (χ1) is 25.9. The summed E-state index contributed by atoms with van der Waals surface area (Å²) in [7, 11) is 2.11. The van der Waals surface area contributed by atoms with Gasteiger partial charge in [-0.05, 0) is 124 Å². The minimum absolute atomic E-state index is 0.141. The van der Waals surface area contributed by atoms with Crippen LogP contribution in [0, 0.1) is 0 Å². The molecule has 53 heavy (non-hydrogen) atoms. The van der Waals surface area contributed by atoms with Gasteiger partial charge >= 0.3 is 12.2 Å². The lowest BCUT2D eigenvalue weighted by Gasteiger charge is -2.30. The van der Waals surface area contributed by atoms with Crippen LogP contribution in [0.5, 0.6) is 0 Å². The summed E-state index contributed by atoms with van der Waals surface area (Å²) in [5.74, 6) is -0.502. The summed E-state index contributed by atoms with van der Waals surface area (Å²) < 4.78 is 11.1. The molecule has 288 valence electrons. The van der Waals surface area contributed by atoms with E-state index in [1.54, 1.807) is 4.90 Å². The molecule has 0 radical (unpaired) electrons. The van der Waals surface area contributed by atoms with E-state index in [0.29, 0.717) is 25.9 Å². The molecule has 3 aromatic rings.